The molecule has 1 atom stereocenters. The number of fused-ring (bicyclic) bond motifs is 1. The van der Waals surface area contributed by atoms with Crippen LogP contribution in [0.1, 0.15) is 27.6 Å². The molecule has 2 amide bonds. The van der Waals surface area contributed by atoms with Gasteiger partial charge in [-0.25, -0.2) is 4.79 Å². The molecule has 0 bridgehead atoms. The minimum atomic E-state index is -0.976. The highest BCUT2D eigenvalue weighted by Gasteiger charge is 2.41. The van der Waals surface area contributed by atoms with E-state index in [0.29, 0.717) is 11.1 Å². The lowest BCUT2D eigenvalue weighted by molar-refractivity contribution is -0.141. The SMILES string of the molecule is C=COC(=O)C(C)N1C(=O)c2ccccc2C1=O. The Bertz CT molecular complexity index is 515. The second kappa shape index (κ2) is 4.44. The van der Waals surface area contributed by atoms with Crippen LogP contribution in [0.2, 0.25) is 0 Å². The molecule has 1 aliphatic heterocycles. The van der Waals surface area contributed by atoms with E-state index in [1.807, 2.05) is 0 Å². The summed E-state index contributed by atoms with van der Waals surface area (Å²) in [5, 5.41) is 0. The topological polar surface area (TPSA) is 63.7 Å². The first-order valence-electron chi connectivity index (χ1n) is 5.36. The molecule has 0 aromatic heterocycles. The first kappa shape index (κ1) is 12.0. The highest BCUT2D eigenvalue weighted by Crippen LogP contribution is 2.24. The maximum atomic E-state index is 12.0. The van der Waals surface area contributed by atoms with Crippen LogP contribution in [-0.4, -0.2) is 28.7 Å². The molecule has 0 saturated heterocycles. The first-order chi connectivity index (χ1) is 8.57. The number of benzene rings is 1. The van der Waals surface area contributed by atoms with E-state index in [1.165, 1.54) is 6.92 Å². The van der Waals surface area contributed by atoms with Gasteiger partial charge in [-0.15, -0.1) is 0 Å². The van der Waals surface area contributed by atoms with Crippen LogP contribution < -0.4 is 0 Å². The number of ether oxygens (including phenoxy) is 1. The van der Waals surface area contributed by atoms with E-state index in [9.17, 15) is 14.4 Å². The summed E-state index contributed by atoms with van der Waals surface area (Å²) in [5.74, 6) is -1.66. The van der Waals surface area contributed by atoms with Gasteiger partial charge in [0.1, 0.15) is 6.04 Å². The van der Waals surface area contributed by atoms with Gasteiger partial charge >= 0.3 is 5.97 Å². The molecule has 0 saturated carbocycles. The van der Waals surface area contributed by atoms with Crippen molar-refractivity contribution in [3.63, 3.8) is 0 Å². The Balaban J connectivity index is 2.34. The third kappa shape index (κ3) is 1.69. The van der Waals surface area contributed by atoms with Crippen LogP contribution in [0.15, 0.2) is 37.1 Å². The number of nitrogens with zero attached hydrogens (tertiary/aromatic N) is 1. The number of amides is 2. The molecule has 5 heteroatoms. The average Bonchev–Trinajstić information content (AvgIpc) is 2.62. The van der Waals surface area contributed by atoms with Crippen molar-refractivity contribution in [1.29, 1.82) is 0 Å². The predicted octanol–water partition coefficient (Wildman–Crippen LogP) is 1.36. The van der Waals surface area contributed by atoms with Crippen LogP contribution in [0, 0.1) is 0 Å². The first-order valence-corrected chi connectivity index (χ1v) is 5.36. The number of imide groups is 1. The van der Waals surface area contributed by atoms with Crippen LogP contribution in [0.3, 0.4) is 0 Å². The molecule has 0 fully saturated rings. The molecule has 1 aromatic carbocycles. The number of hydrogen-bond donors (Lipinski definition) is 0. The van der Waals surface area contributed by atoms with Gasteiger partial charge in [-0.05, 0) is 19.1 Å². The molecule has 18 heavy (non-hydrogen) atoms. The maximum absolute atomic E-state index is 12.0. The van der Waals surface area contributed by atoms with Crippen molar-refractivity contribution >= 4 is 17.8 Å². The van der Waals surface area contributed by atoms with E-state index >= 15 is 0 Å². The lowest BCUT2D eigenvalue weighted by atomic mass is 10.1. The van der Waals surface area contributed by atoms with Gasteiger partial charge in [0.05, 0.1) is 17.4 Å². The van der Waals surface area contributed by atoms with Crippen molar-refractivity contribution in [2.45, 2.75) is 13.0 Å². The lowest BCUT2D eigenvalue weighted by Gasteiger charge is -2.19. The fourth-order valence-electron chi connectivity index (χ4n) is 1.85. The van der Waals surface area contributed by atoms with Crippen molar-refractivity contribution in [2.75, 3.05) is 0 Å². The normalized spacial score (nSPS) is 15.3. The number of rotatable bonds is 3. The van der Waals surface area contributed by atoms with E-state index < -0.39 is 23.8 Å². The molecule has 0 N–H and O–H groups in total. The number of hydrogen-bond acceptors (Lipinski definition) is 4. The van der Waals surface area contributed by atoms with Gasteiger partial charge in [0, 0.05) is 0 Å². The molecule has 1 aromatic rings. The van der Waals surface area contributed by atoms with E-state index in [0.717, 1.165) is 11.2 Å². The molecule has 1 unspecified atom stereocenters. The van der Waals surface area contributed by atoms with Crippen LogP contribution in [0.25, 0.3) is 0 Å². The second-order valence-corrected chi connectivity index (χ2v) is 3.81. The molecule has 0 aliphatic carbocycles. The van der Waals surface area contributed by atoms with Crippen LogP contribution in [0.5, 0.6) is 0 Å². The van der Waals surface area contributed by atoms with E-state index in [4.69, 9.17) is 0 Å². The van der Waals surface area contributed by atoms with E-state index in [-0.39, 0.29) is 0 Å². The zero-order chi connectivity index (χ0) is 13.3. The lowest BCUT2D eigenvalue weighted by Crippen LogP contribution is -2.43. The zero-order valence-electron chi connectivity index (χ0n) is 9.75. The molecule has 0 radical (unpaired) electrons. The second-order valence-electron chi connectivity index (χ2n) is 3.81. The standard InChI is InChI=1S/C13H11NO4/c1-3-18-13(17)8(2)14-11(15)9-6-4-5-7-10(9)12(14)16/h3-8H,1H2,2H3. The Kier molecular flexibility index (Phi) is 2.97. The third-order valence-corrected chi connectivity index (χ3v) is 2.75. The molecule has 1 aliphatic rings. The summed E-state index contributed by atoms with van der Waals surface area (Å²) in [7, 11) is 0. The third-order valence-electron chi connectivity index (χ3n) is 2.75. The fourth-order valence-corrected chi connectivity index (χ4v) is 1.85. The minimum absolute atomic E-state index is 0.306. The Morgan fingerprint density at radius 2 is 1.78 bits per heavy atom. The van der Waals surface area contributed by atoms with Gasteiger partial charge in [0.2, 0.25) is 0 Å². The summed E-state index contributed by atoms with van der Waals surface area (Å²) in [6, 6.07) is 5.47. The van der Waals surface area contributed by atoms with E-state index in [1.54, 1.807) is 24.3 Å². The highest BCUT2D eigenvalue weighted by atomic mass is 16.5. The predicted molar refractivity (Wildman–Crippen MR) is 62.7 cm³/mol. The number of carbonyl (C=O) groups excluding carboxylic acids is 3. The smallest absolute Gasteiger partial charge is 0.333 e. The van der Waals surface area contributed by atoms with Gasteiger partial charge in [-0.2, -0.15) is 0 Å². The quantitative estimate of drug-likeness (QED) is 0.458. The molecule has 1 heterocycles. The highest BCUT2D eigenvalue weighted by molar-refractivity contribution is 6.22. The zero-order valence-corrected chi connectivity index (χ0v) is 9.75. The summed E-state index contributed by atoms with van der Waals surface area (Å²) in [6.07, 6.45) is 0.969. The fraction of sp³-hybridized carbons (Fsp3) is 0.154. The van der Waals surface area contributed by atoms with Crippen LogP contribution in [-0.2, 0) is 9.53 Å². The monoisotopic (exact) mass is 245 g/mol. The maximum Gasteiger partial charge on any atom is 0.333 e. The summed E-state index contributed by atoms with van der Waals surface area (Å²) < 4.78 is 4.59. The largest absolute Gasteiger partial charge is 0.434 e. The minimum Gasteiger partial charge on any atom is -0.434 e. The molecule has 92 valence electrons. The molecular weight excluding hydrogens is 234 g/mol. The average molecular weight is 245 g/mol. The van der Waals surface area contributed by atoms with Crippen molar-refractivity contribution in [2.24, 2.45) is 0 Å². The Morgan fingerprint density at radius 3 is 2.22 bits per heavy atom. The summed E-state index contributed by atoms with van der Waals surface area (Å²) in [5.41, 5.74) is 0.613. The van der Waals surface area contributed by atoms with Crippen molar-refractivity contribution < 1.29 is 19.1 Å². The van der Waals surface area contributed by atoms with Crippen molar-refractivity contribution in [3.05, 3.63) is 48.2 Å². The van der Waals surface area contributed by atoms with Crippen LogP contribution >= 0.6 is 0 Å². The Morgan fingerprint density at radius 1 is 1.28 bits per heavy atom. The van der Waals surface area contributed by atoms with Gasteiger partial charge in [0.15, 0.2) is 0 Å². The Labute approximate surface area is 104 Å². The summed E-state index contributed by atoms with van der Waals surface area (Å²) in [6.45, 7) is 4.69. The van der Waals surface area contributed by atoms with Gasteiger partial charge in [0.25, 0.3) is 11.8 Å². The summed E-state index contributed by atoms with van der Waals surface area (Å²) in [4.78, 5) is 36.5. The van der Waals surface area contributed by atoms with Crippen molar-refractivity contribution in [3.8, 4) is 0 Å². The number of esters is 1. The van der Waals surface area contributed by atoms with Crippen LogP contribution in [0.4, 0.5) is 0 Å². The molecule has 5 nitrogen and oxygen atoms in total. The van der Waals surface area contributed by atoms with Gasteiger partial charge in [-0.1, -0.05) is 18.7 Å². The molecule has 2 rings (SSSR count). The van der Waals surface area contributed by atoms with Crippen molar-refractivity contribution in [1.82, 2.24) is 4.90 Å². The van der Waals surface area contributed by atoms with Gasteiger partial charge in [-0.3, -0.25) is 14.5 Å². The Hall–Kier alpha value is -2.43. The molecular formula is C13H11NO4. The summed E-state index contributed by atoms with van der Waals surface area (Å²) >= 11 is 0. The number of carbonyl (C=O) groups is 3. The van der Waals surface area contributed by atoms with Gasteiger partial charge < -0.3 is 4.74 Å². The van der Waals surface area contributed by atoms with E-state index in [2.05, 4.69) is 11.3 Å². The molecule has 0 spiro atoms.